The molecule has 1 amide bonds. The Morgan fingerprint density at radius 1 is 0.893 bits per heavy atom. The van der Waals surface area contributed by atoms with Gasteiger partial charge in [-0.2, -0.15) is 0 Å². The van der Waals surface area contributed by atoms with Crippen LogP contribution >= 0.6 is 0 Å². The number of hydrogen-bond acceptors (Lipinski definition) is 3. The van der Waals surface area contributed by atoms with Gasteiger partial charge in [0.2, 0.25) is 5.91 Å². The summed E-state index contributed by atoms with van der Waals surface area (Å²) in [4.78, 5) is 18.7. The monoisotopic (exact) mass is 377 g/mol. The standard InChI is InChI=1S/C24H31N3O/c1-19(28)26-16-13-22(14-17-26)27-15-7-10-20-8-3-5-11-23(20)25(2)24-12-6-4-9-21(24)18-27/h3-6,8-9,11-12,22H,7,10,13-18H2,1-2H3. The second kappa shape index (κ2) is 8.36. The molecule has 0 bridgehead atoms. The van der Waals surface area contributed by atoms with E-state index in [2.05, 4.69) is 65.4 Å². The Morgan fingerprint density at radius 2 is 1.50 bits per heavy atom. The van der Waals surface area contributed by atoms with E-state index in [1.807, 2.05) is 4.90 Å². The van der Waals surface area contributed by atoms with Crippen LogP contribution in [0.15, 0.2) is 48.5 Å². The molecule has 2 aliphatic rings. The van der Waals surface area contributed by atoms with E-state index in [4.69, 9.17) is 0 Å². The quantitative estimate of drug-likeness (QED) is 0.745. The summed E-state index contributed by atoms with van der Waals surface area (Å²) in [7, 11) is 2.19. The number of amides is 1. The van der Waals surface area contributed by atoms with Crippen LogP contribution in [0.1, 0.15) is 37.3 Å². The van der Waals surface area contributed by atoms with Gasteiger partial charge < -0.3 is 9.80 Å². The Labute approximate surface area is 168 Å². The van der Waals surface area contributed by atoms with Crippen molar-refractivity contribution in [1.82, 2.24) is 9.80 Å². The number of rotatable bonds is 1. The first kappa shape index (κ1) is 19.0. The minimum atomic E-state index is 0.211. The van der Waals surface area contributed by atoms with Gasteiger partial charge in [0.15, 0.2) is 0 Å². The molecule has 2 aromatic carbocycles. The Morgan fingerprint density at radius 3 is 2.18 bits per heavy atom. The second-order valence-electron chi connectivity index (χ2n) is 8.13. The van der Waals surface area contributed by atoms with Gasteiger partial charge in [0, 0.05) is 51.0 Å². The summed E-state index contributed by atoms with van der Waals surface area (Å²) < 4.78 is 0. The summed E-state index contributed by atoms with van der Waals surface area (Å²) in [5.74, 6) is 0.211. The largest absolute Gasteiger partial charge is 0.344 e. The van der Waals surface area contributed by atoms with Gasteiger partial charge in [-0.1, -0.05) is 36.4 Å². The van der Waals surface area contributed by atoms with Crippen molar-refractivity contribution in [3.05, 3.63) is 59.7 Å². The lowest BCUT2D eigenvalue weighted by molar-refractivity contribution is -0.130. The van der Waals surface area contributed by atoms with Crippen LogP contribution < -0.4 is 4.90 Å². The zero-order valence-corrected chi connectivity index (χ0v) is 17.1. The number of fused-ring (bicyclic) bond motifs is 2. The molecule has 0 saturated carbocycles. The molecule has 0 N–H and O–H groups in total. The van der Waals surface area contributed by atoms with Crippen molar-refractivity contribution in [2.45, 2.75) is 45.2 Å². The molecule has 28 heavy (non-hydrogen) atoms. The maximum atomic E-state index is 11.7. The van der Waals surface area contributed by atoms with Crippen molar-refractivity contribution in [2.75, 3.05) is 31.6 Å². The molecule has 4 nitrogen and oxygen atoms in total. The number of aryl methyl sites for hydroxylation is 1. The molecule has 0 unspecified atom stereocenters. The van der Waals surface area contributed by atoms with Crippen molar-refractivity contribution in [3.8, 4) is 0 Å². The van der Waals surface area contributed by atoms with Crippen LogP contribution in [0, 0.1) is 0 Å². The van der Waals surface area contributed by atoms with E-state index in [-0.39, 0.29) is 5.91 Å². The van der Waals surface area contributed by atoms with Crippen LogP contribution in [0.25, 0.3) is 0 Å². The molecule has 1 fully saturated rings. The predicted octanol–water partition coefficient (Wildman–Crippen LogP) is 4.21. The van der Waals surface area contributed by atoms with Gasteiger partial charge >= 0.3 is 0 Å². The van der Waals surface area contributed by atoms with E-state index >= 15 is 0 Å². The van der Waals surface area contributed by atoms with E-state index in [1.54, 1.807) is 6.92 Å². The van der Waals surface area contributed by atoms with E-state index in [0.717, 1.165) is 45.4 Å². The topological polar surface area (TPSA) is 26.8 Å². The number of carbonyl (C=O) groups is 1. The molecular formula is C24H31N3O. The zero-order chi connectivity index (χ0) is 19.5. The van der Waals surface area contributed by atoms with Gasteiger partial charge in [-0.25, -0.2) is 0 Å². The van der Waals surface area contributed by atoms with Gasteiger partial charge in [0.1, 0.15) is 0 Å². The van der Waals surface area contributed by atoms with Gasteiger partial charge in [-0.3, -0.25) is 9.69 Å². The number of carbonyl (C=O) groups excluding carboxylic acids is 1. The van der Waals surface area contributed by atoms with Crippen molar-refractivity contribution in [3.63, 3.8) is 0 Å². The molecule has 148 valence electrons. The third kappa shape index (κ3) is 3.93. The number of nitrogens with zero attached hydrogens (tertiary/aromatic N) is 3. The molecule has 0 aromatic heterocycles. The fourth-order valence-corrected chi connectivity index (χ4v) is 4.78. The highest BCUT2D eigenvalue weighted by molar-refractivity contribution is 5.73. The van der Waals surface area contributed by atoms with E-state index in [9.17, 15) is 4.79 Å². The summed E-state index contributed by atoms with van der Waals surface area (Å²) in [5, 5.41) is 0. The minimum Gasteiger partial charge on any atom is -0.344 e. The lowest BCUT2D eigenvalue weighted by atomic mass is 9.99. The molecule has 2 heterocycles. The molecule has 4 heteroatoms. The number of para-hydroxylation sites is 2. The SMILES string of the molecule is CC(=O)N1CCC(N2CCCc3ccccc3N(C)c3ccccc3C2)CC1. The molecule has 4 rings (SSSR count). The first-order valence-corrected chi connectivity index (χ1v) is 10.5. The normalized spacial score (nSPS) is 19.1. The van der Waals surface area contributed by atoms with Gasteiger partial charge in [-0.15, -0.1) is 0 Å². The van der Waals surface area contributed by atoms with Crippen LogP contribution in [0.2, 0.25) is 0 Å². The van der Waals surface area contributed by atoms with Crippen molar-refractivity contribution in [2.24, 2.45) is 0 Å². The summed E-state index contributed by atoms with van der Waals surface area (Å²) >= 11 is 0. The maximum absolute atomic E-state index is 11.7. The van der Waals surface area contributed by atoms with E-state index in [1.165, 1.54) is 28.9 Å². The van der Waals surface area contributed by atoms with Gasteiger partial charge in [0.05, 0.1) is 0 Å². The highest BCUT2D eigenvalue weighted by atomic mass is 16.2. The van der Waals surface area contributed by atoms with E-state index < -0.39 is 0 Å². The Hall–Kier alpha value is -2.33. The summed E-state index contributed by atoms with van der Waals surface area (Å²) in [6.45, 7) is 5.56. The second-order valence-corrected chi connectivity index (χ2v) is 8.13. The first-order chi connectivity index (χ1) is 13.6. The molecule has 0 spiro atoms. The first-order valence-electron chi connectivity index (χ1n) is 10.5. The molecule has 2 aliphatic heterocycles. The number of piperidine rings is 1. The number of anilines is 2. The highest BCUT2D eigenvalue weighted by Gasteiger charge is 2.27. The lowest BCUT2D eigenvalue weighted by Crippen LogP contribution is -2.46. The molecule has 0 atom stereocenters. The van der Waals surface area contributed by atoms with Crippen molar-refractivity contribution >= 4 is 17.3 Å². The third-order valence-electron chi connectivity index (χ3n) is 6.40. The molecular weight excluding hydrogens is 346 g/mol. The van der Waals surface area contributed by atoms with Crippen molar-refractivity contribution < 1.29 is 4.79 Å². The van der Waals surface area contributed by atoms with Crippen LogP contribution in [-0.4, -0.2) is 48.4 Å². The average molecular weight is 378 g/mol. The number of likely N-dealkylation sites (tertiary alicyclic amines) is 1. The lowest BCUT2D eigenvalue weighted by Gasteiger charge is -2.39. The Kier molecular flexibility index (Phi) is 5.67. The zero-order valence-electron chi connectivity index (χ0n) is 17.1. The molecule has 0 aliphatic carbocycles. The van der Waals surface area contributed by atoms with Gasteiger partial charge in [0.25, 0.3) is 0 Å². The minimum absolute atomic E-state index is 0.211. The maximum Gasteiger partial charge on any atom is 0.219 e. The molecule has 1 saturated heterocycles. The van der Waals surface area contributed by atoms with Crippen molar-refractivity contribution in [1.29, 1.82) is 0 Å². The Bertz CT molecular complexity index is 826. The predicted molar refractivity (Wildman–Crippen MR) is 115 cm³/mol. The molecule has 0 radical (unpaired) electrons. The van der Waals surface area contributed by atoms with Crippen LogP contribution in [0.4, 0.5) is 11.4 Å². The van der Waals surface area contributed by atoms with Crippen LogP contribution in [0.5, 0.6) is 0 Å². The smallest absolute Gasteiger partial charge is 0.219 e. The number of hydrogen-bond donors (Lipinski definition) is 0. The summed E-state index contributed by atoms with van der Waals surface area (Å²) in [5.41, 5.74) is 5.42. The third-order valence-corrected chi connectivity index (χ3v) is 6.40. The molecule has 2 aromatic rings. The fourth-order valence-electron chi connectivity index (χ4n) is 4.78. The summed E-state index contributed by atoms with van der Waals surface area (Å²) in [6.07, 6.45) is 4.42. The highest BCUT2D eigenvalue weighted by Crippen LogP contribution is 2.33. The number of benzene rings is 2. The average Bonchev–Trinajstić information content (AvgIpc) is 2.73. The van der Waals surface area contributed by atoms with Crippen LogP contribution in [0.3, 0.4) is 0 Å². The van der Waals surface area contributed by atoms with E-state index in [0.29, 0.717) is 6.04 Å². The van der Waals surface area contributed by atoms with Crippen LogP contribution in [-0.2, 0) is 17.8 Å². The fraction of sp³-hybridized carbons (Fsp3) is 0.458. The summed E-state index contributed by atoms with van der Waals surface area (Å²) in [6, 6.07) is 18.2. The Balaban J connectivity index is 1.61. The van der Waals surface area contributed by atoms with Gasteiger partial charge in [-0.05, 0) is 55.5 Å².